The predicted molar refractivity (Wildman–Crippen MR) is 152 cm³/mol. The first-order chi connectivity index (χ1) is 19.5. The number of benzene rings is 2. The zero-order valence-corrected chi connectivity index (χ0v) is 23.0. The lowest BCUT2D eigenvalue weighted by atomic mass is 9.82. The molecule has 0 saturated heterocycles. The molecular weight excluding hydrogens is 544 g/mol. The Hall–Kier alpha value is -4.52. The second-order valence-corrected chi connectivity index (χ2v) is 11.5. The molecule has 0 aliphatic heterocycles. The first kappa shape index (κ1) is 27.1. The Labute approximate surface area is 238 Å². The first-order valence-corrected chi connectivity index (χ1v) is 14.3. The van der Waals surface area contributed by atoms with Gasteiger partial charge in [-0.1, -0.05) is 65.5 Å². The van der Waals surface area contributed by atoms with E-state index in [-0.39, 0.29) is 36.5 Å². The molecule has 0 spiro atoms. The van der Waals surface area contributed by atoms with Gasteiger partial charge >= 0.3 is 0 Å². The second kappa shape index (κ2) is 12.6. The molecule has 0 unspecified atom stereocenters. The van der Waals surface area contributed by atoms with Crippen LogP contribution in [0.5, 0.6) is 0 Å². The Balaban J connectivity index is 1.15. The quantitative estimate of drug-likeness (QED) is 0.263. The Kier molecular flexibility index (Phi) is 8.50. The Bertz CT molecular complexity index is 1500. The van der Waals surface area contributed by atoms with E-state index in [0.717, 1.165) is 46.8 Å². The fourth-order valence-electron chi connectivity index (χ4n) is 4.72. The van der Waals surface area contributed by atoms with Crippen molar-refractivity contribution in [3.8, 4) is 6.07 Å². The van der Waals surface area contributed by atoms with Crippen LogP contribution in [0.15, 0.2) is 48.5 Å². The molecule has 1 saturated carbocycles. The molecule has 1 aliphatic rings. The van der Waals surface area contributed by atoms with Gasteiger partial charge < -0.3 is 10.6 Å². The molecular formula is C28H24N8O2S2. The molecule has 5 rings (SSSR count). The monoisotopic (exact) mass is 568 g/mol. The van der Waals surface area contributed by atoms with E-state index in [1.807, 2.05) is 12.1 Å². The highest BCUT2D eigenvalue weighted by molar-refractivity contribution is 7.15. The van der Waals surface area contributed by atoms with Crippen molar-refractivity contribution in [3.63, 3.8) is 0 Å². The van der Waals surface area contributed by atoms with Gasteiger partial charge in [-0.15, -0.1) is 20.4 Å². The van der Waals surface area contributed by atoms with Gasteiger partial charge in [0.05, 0.1) is 31.0 Å². The molecule has 2 aromatic carbocycles. The number of amides is 2. The van der Waals surface area contributed by atoms with Crippen molar-refractivity contribution >= 4 is 50.4 Å². The summed E-state index contributed by atoms with van der Waals surface area (Å²) in [7, 11) is 0. The summed E-state index contributed by atoms with van der Waals surface area (Å²) >= 11 is 2.77. The molecule has 12 heteroatoms. The van der Waals surface area contributed by atoms with Crippen molar-refractivity contribution in [1.29, 1.82) is 5.26 Å². The number of hydrogen-bond acceptors (Lipinski definition) is 9. The highest BCUT2D eigenvalue weighted by atomic mass is 32.1. The van der Waals surface area contributed by atoms with E-state index in [9.17, 15) is 9.59 Å². The fraction of sp³-hybridized carbons (Fsp3) is 0.286. The van der Waals surface area contributed by atoms with Crippen molar-refractivity contribution < 1.29 is 9.59 Å². The lowest BCUT2D eigenvalue weighted by Crippen LogP contribution is -2.14. The van der Waals surface area contributed by atoms with Crippen LogP contribution in [0.1, 0.15) is 64.2 Å². The summed E-state index contributed by atoms with van der Waals surface area (Å²) in [4.78, 5) is 28.4. The number of nitrogens with zero attached hydrogens (tertiary/aromatic N) is 6. The van der Waals surface area contributed by atoms with E-state index in [4.69, 9.17) is 11.8 Å². The van der Waals surface area contributed by atoms with Gasteiger partial charge in [0.1, 0.15) is 10.0 Å². The Morgan fingerprint density at radius 1 is 0.900 bits per heavy atom. The van der Waals surface area contributed by atoms with Crippen molar-refractivity contribution in [1.82, 2.24) is 20.4 Å². The standard InChI is InChI=1S/C28H24N8O2S2/c1-30-22-10-3-6-18(12-22)14-24(38)32-28-36-34-26(40-28)21-9-4-8-20(15-21)25-33-35-27(39-25)31-23(37)13-17-5-2-7-19(11-17)16-29/h2-3,5-7,10-12,20-21H,4,8-9,13-15H2,(H,31,35,37)(H,32,36,38)/t20-,21-/m1/s1. The number of nitrogens with one attached hydrogen (secondary N) is 2. The number of hydrogen-bond donors (Lipinski definition) is 2. The van der Waals surface area contributed by atoms with Gasteiger partial charge in [-0.2, -0.15) is 5.26 Å². The second-order valence-electron chi connectivity index (χ2n) is 9.50. The maximum absolute atomic E-state index is 12.5. The van der Waals surface area contributed by atoms with Crippen LogP contribution < -0.4 is 10.6 Å². The molecule has 10 nitrogen and oxygen atoms in total. The molecule has 40 heavy (non-hydrogen) atoms. The summed E-state index contributed by atoms with van der Waals surface area (Å²) in [5, 5.41) is 34.5. The molecule has 0 bridgehead atoms. The van der Waals surface area contributed by atoms with E-state index >= 15 is 0 Å². The molecule has 200 valence electrons. The van der Waals surface area contributed by atoms with Gasteiger partial charge in [-0.25, -0.2) is 4.85 Å². The minimum absolute atomic E-state index is 0.152. The lowest BCUT2D eigenvalue weighted by Gasteiger charge is -2.25. The van der Waals surface area contributed by atoms with Gasteiger partial charge in [-0.3, -0.25) is 9.59 Å². The van der Waals surface area contributed by atoms with Crippen molar-refractivity contribution in [2.45, 2.75) is 50.4 Å². The largest absolute Gasteiger partial charge is 0.300 e. The third kappa shape index (κ3) is 6.91. The van der Waals surface area contributed by atoms with Crippen LogP contribution >= 0.6 is 22.7 Å². The molecule has 2 heterocycles. The van der Waals surface area contributed by atoms with Crippen molar-refractivity contribution in [2.75, 3.05) is 10.6 Å². The third-order valence-corrected chi connectivity index (χ3v) is 8.57. The van der Waals surface area contributed by atoms with Gasteiger partial charge in [0, 0.05) is 11.8 Å². The summed E-state index contributed by atoms with van der Waals surface area (Å²) < 4.78 is 0. The third-order valence-electron chi connectivity index (χ3n) is 6.57. The minimum atomic E-state index is -0.207. The van der Waals surface area contributed by atoms with Crippen LogP contribution in [-0.2, 0) is 22.4 Å². The molecule has 2 atom stereocenters. The van der Waals surface area contributed by atoms with E-state index in [1.165, 1.54) is 22.7 Å². The Morgan fingerprint density at radius 2 is 1.48 bits per heavy atom. The lowest BCUT2D eigenvalue weighted by molar-refractivity contribution is -0.116. The number of rotatable bonds is 8. The average Bonchev–Trinajstić information content (AvgIpc) is 3.63. The van der Waals surface area contributed by atoms with Crippen LogP contribution in [0.4, 0.5) is 16.0 Å². The van der Waals surface area contributed by atoms with Crippen molar-refractivity contribution in [2.24, 2.45) is 0 Å². The molecule has 0 radical (unpaired) electrons. The summed E-state index contributed by atoms with van der Waals surface area (Å²) in [6, 6.07) is 16.1. The first-order valence-electron chi connectivity index (χ1n) is 12.7. The topological polar surface area (TPSA) is 138 Å². The molecule has 2 amide bonds. The summed E-state index contributed by atoms with van der Waals surface area (Å²) in [6.07, 6.45) is 4.12. The maximum atomic E-state index is 12.5. The molecule has 2 aromatic heterocycles. The fourth-order valence-corrected chi connectivity index (χ4v) is 6.54. The van der Waals surface area contributed by atoms with E-state index in [1.54, 1.807) is 36.4 Å². The van der Waals surface area contributed by atoms with Gasteiger partial charge in [0.25, 0.3) is 0 Å². The number of aromatic nitrogens is 4. The molecule has 4 aromatic rings. The molecule has 2 N–H and O–H groups in total. The van der Waals surface area contributed by atoms with Gasteiger partial charge in [0.15, 0.2) is 5.69 Å². The van der Waals surface area contributed by atoms with Gasteiger partial charge in [-0.05, 0) is 42.5 Å². The smallest absolute Gasteiger partial charge is 0.230 e. The average molecular weight is 569 g/mol. The molecule has 1 aliphatic carbocycles. The van der Waals surface area contributed by atoms with Crippen LogP contribution in [0.2, 0.25) is 0 Å². The summed E-state index contributed by atoms with van der Waals surface area (Å²) in [5.41, 5.74) is 2.55. The van der Waals surface area contributed by atoms with Crippen LogP contribution in [-0.4, -0.2) is 32.2 Å². The maximum Gasteiger partial charge on any atom is 0.230 e. The minimum Gasteiger partial charge on any atom is -0.300 e. The van der Waals surface area contributed by atoms with Crippen molar-refractivity contribution in [3.05, 3.63) is 86.7 Å². The van der Waals surface area contributed by atoms with Gasteiger partial charge in [0.2, 0.25) is 22.1 Å². The highest BCUT2D eigenvalue weighted by Crippen LogP contribution is 2.43. The van der Waals surface area contributed by atoms with E-state index < -0.39 is 0 Å². The van der Waals surface area contributed by atoms with Crippen LogP contribution in [0, 0.1) is 17.9 Å². The highest BCUT2D eigenvalue weighted by Gasteiger charge is 2.29. The zero-order chi connectivity index (χ0) is 27.9. The zero-order valence-electron chi connectivity index (χ0n) is 21.3. The van der Waals surface area contributed by atoms with E-state index in [0.29, 0.717) is 21.5 Å². The SMILES string of the molecule is [C-]#[N+]c1cccc(CC(=O)Nc2nnc([C@@H]3CCC[C@@H](c4nnc(NC(=O)Cc5cccc(C#N)c5)s4)C3)s2)c1. The normalized spacial score (nSPS) is 16.4. The number of carbonyl (C=O) groups excluding carboxylic acids is 2. The van der Waals surface area contributed by atoms with Crippen LogP contribution in [0.3, 0.4) is 0 Å². The van der Waals surface area contributed by atoms with E-state index in [2.05, 4.69) is 41.9 Å². The summed E-state index contributed by atoms with van der Waals surface area (Å²) in [6.45, 7) is 7.13. The Morgan fingerprint density at radius 3 is 2.05 bits per heavy atom. The number of carbonyl (C=O) groups is 2. The number of anilines is 2. The van der Waals surface area contributed by atoms with Crippen LogP contribution in [0.25, 0.3) is 4.85 Å². The summed E-state index contributed by atoms with van der Waals surface area (Å²) in [5.74, 6) is -0.00752. The number of nitriles is 1. The predicted octanol–water partition coefficient (Wildman–Crippen LogP) is 5.62. The molecule has 1 fully saturated rings.